The zero-order valence-electron chi connectivity index (χ0n) is 8.52. The maximum absolute atomic E-state index is 13.4. The van der Waals surface area contributed by atoms with E-state index < -0.39 is 5.82 Å². The highest BCUT2D eigenvalue weighted by molar-refractivity contribution is 6.29. The van der Waals surface area contributed by atoms with Gasteiger partial charge in [-0.1, -0.05) is 23.7 Å². The molecule has 0 unspecified atom stereocenters. The molecule has 0 radical (unpaired) electrons. The van der Waals surface area contributed by atoms with Gasteiger partial charge < -0.3 is 4.42 Å². The number of halogens is 2. The highest BCUT2D eigenvalue weighted by Gasteiger charge is 2.10. The number of para-hydroxylation sites is 1. The number of fused-ring (bicyclic) bond motifs is 1. The Morgan fingerprint density at radius 2 is 2.00 bits per heavy atom. The van der Waals surface area contributed by atoms with Crippen molar-refractivity contribution >= 4 is 22.6 Å². The van der Waals surface area contributed by atoms with Crippen molar-refractivity contribution in [3.63, 3.8) is 0 Å². The highest BCUT2D eigenvalue weighted by atomic mass is 35.5. The maximum Gasteiger partial charge on any atom is 0.170 e. The largest absolute Gasteiger partial charge is 0.451 e. The summed E-state index contributed by atoms with van der Waals surface area (Å²) in [5, 5.41) is 8.58. The molecule has 3 aromatic rings. The minimum absolute atomic E-state index is 0.222. The van der Waals surface area contributed by atoms with E-state index in [1.165, 1.54) is 6.07 Å². The van der Waals surface area contributed by atoms with Crippen LogP contribution in [0.2, 0.25) is 5.15 Å². The molecule has 0 N–H and O–H groups in total. The van der Waals surface area contributed by atoms with Gasteiger partial charge in [-0.05, 0) is 24.3 Å². The van der Waals surface area contributed by atoms with Crippen LogP contribution in [0.5, 0.6) is 0 Å². The van der Waals surface area contributed by atoms with Crippen molar-refractivity contribution in [2.75, 3.05) is 0 Å². The van der Waals surface area contributed by atoms with Gasteiger partial charge in [0.15, 0.2) is 22.3 Å². The monoisotopic (exact) mass is 248 g/mol. The normalized spacial score (nSPS) is 10.9. The summed E-state index contributed by atoms with van der Waals surface area (Å²) in [6, 6.07) is 9.75. The lowest BCUT2D eigenvalue weighted by atomic mass is 10.2. The van der Waals surface area contributed by atoms with Gasteiger partial charge in [-0.2, -0.15) is 0 Å². The average molecular weight is 249 g/mol. The summed E-state index contributed by atoms with van der Waals surface area (Å²) in [6.45, 7) is 0. The molecule has 2 heterocycles. The predicted octanol–water partition coefficient (Wildman–Crippen LogP) is 3.68. The first-order valence-corrected chi connectivity index (χ1v) is 5.29. The van der Waals surface area contributed by atoms with E-state index in [4.69, 9.17) is 16.0 Å². The van der Waals surface area contributed by atoms with E-state index in [0.717, 1.165) is 0 Å². The van der Waals surface area contributed by atoms with Gasteiger partial charge in [0.2, 0.25) is 0 Å². The van der Waals surface area contributed by atoms with Crippen LogP contribution in [0.1, 0.15) is 0 Å². The fourth-order valence-electron chi connectivity index (χ4n) is 1.60. The molecular weight excluding hydrogens is 243 g/mol. The van der Waals surface area contributed by atoms with E-state index in [-0.39, 0.29) is 5.58 Å². The topological polar surface area (TPSA) is 38.9 Å². The van der Waals surface area contributed by atoms with Gasteiger partial charge in [0.05, 0.1) is 0 Å². The number of rotatable bonds is 1. The fraction of sp³-hybridized carbons (Fsp3) is 0. The second kappa shape index (κ2) is 3.82. The number of furan rings is 1. The summed E-state index contributed by atoms with van der Waals surface area (Å²) in [6.07, 6.45) is 0. The van der Waals surface area contributed by atoms with Crippen LogP contribution in [0.3, 0.4) is 0 Å². The van der Waals surface area contributed by atoms with Crippen molar-refractivity contribution in [1.29, 1.82) is 0 Å². The first-order valence-electron chi connectivity index (χ1n) is 4.92. The summed E-state index contributed by atoms with van der Waals surface area (Å²) in [5.74, 6) is 0.0740. The molecule has 0 amide bonds. The Hall–Kier alpha value is -1.94. The van der Waals surface area contributed by atoms with E-state index in [0.29, 0.717) is 22.0 Å². The van der Waals surface area contributed by atoms with Crippen LogP contribution in [-0.2, 0) is 0 Å². The van der Waals surface area contributed by atoms with Crippen molar-refractivity contribution in [2.45, 2.75) is 0 Å². The zero-order valence-corrected chi connectivity index (χ0v) is 9.28. The number of aromatic nitrogens is 2. The van der Waals surface area contributed by atoms with E-state index in [1.807, 2.05) is 0 Å². The van der Waals surface area contributed by atoms with Gasteiger partial charge in [0, 0.05) is 5.39 Å². The second-order valence-corrected chi connectivity index (χ2v) is 3.90. The Morgan fingerprint density at radius 3 is 2.71 bits per heavy atom. The van der Waals surface area contributed by atoms with Gasteiger partial charge in [-0.15, -0.1) is 10.2 Å². The van der Waals surface area contributed by atoms with Gasteiger partial charge in [0.1, 0.15) is 5.69 Å². The van der Waals surface area contributed by atoms with E-state index in [1.54, 1.807) is 30.3 Å². The summed E-state index contributed by atoms with van der Waals surface area (Å²) in [7, 11) is 0. The van der Waals surface area contributed by atoms with E-state index >= 15 is 0 Å². The molecule has 3 rings (SSSR count). The second-order valence-electron chi connectivity index (χ2n) is 3.51. The standard InChI is InChI=1S/C12H6ClFN2O/c13-11-5-4-9(15-16-11)10-6-7-2-1-3-8(14)12(7)17-10/h1-6H. The Bertz CT molecular complexity index is 679. The summed E-state index contributed by atoms with van der Waals surface area (Å²) in [4.78, 5) is 0. The lowest BCUT2D eigenvalue weighted by Gasteiger charge is -1.93. The van der Waals surface area contributed by atoms with Crippen molar-refractivity contribution in [1.82, 2.24) is 10.2 Å². The highest BCUT2D eigenvalue weighted by Crippen LogP contribution is 2.28. The maximum atomic E-state index is 13.4. The molecule has 2 aromatic heterocycles. The molecule has 0 spiro atoms. The minimum Gasteiger partial charge on any atom is -0.451 e. The molecule has 0 atom stereocenters. The molecule has 0 saturated heterocycles. The zero-order chi connectivity index (χ0) is 11.8. The third kappa shape index (κ3) is 1.76. The number of hydrogen-bond donors (Lipinski definition) is 0. The van der Waals surface area contributed by atoms with Crippen LogP contribution in [0.25, 0.3) is 22.4 Å². The Kier molecular flexibility index (Phi) is 2.30. The lowest BCUT2D eigenvalue weighted by molar-refractivity contribution is 0.567. The number of hydrogen-bond acceptors (Lipinski definition) is 3. The fourth-order valence-corrected chi connectivity index (χ4v) is 1.70. The number of nitrogens with zero attached hydrogens (tertiary/aromatic N) is 2. The third-order valence-corrected chi connectivity index (χ3v) is 2.58. The smallest absolute Gasteiger partial charge is 0.170 e. The molecule has 0 aliphatic rings. The van der Waals surface area contributed by atoms with Crippen LogP contribution >= 0.6 is 11.6 Å². The van der Waals surface area contributed by atoms with Crippen LogP contribution in [-0.4, -0.2) is 10.2 Å². The van der Waals surface area contributed by atoms with Gasteiger partial charge in [-0.3, -0.25) is 0 Å². The van der Waals surface area contributed by atoms with Crippen LogP contribution in [0.15, 0.2) is 40.8 Å². The molecule has 0 saturated carbocycles. The molecule has 0 aliphatic carbocycles. The molecule has 5 heteroatoms. The van der Waals surface area contributed by atoms with Crippen molar-refractivity contribution < 1.29 is 8.81 Å². The predicted molar refractivity (Wildman–Crippen MR) is 62.2 cm³/mol. The Labute approximate surface area is 101 Å². The molecule has 0 aliphatic heterocycles. The molecule has 1 aromatic carbocycles. The van der Waals surface area contributed by atoms with Crippen molar-refractivity contribution in [3.8, 4) is 11.5 Å². The lowest BCUT2D eigenvalue weighted by Crippen LogP contribution is -1.84. The van der Waals surface area contributed by atoms with Crippen molar-refractivity contribution in [2.24, 2.45) is 0 Å². The van der Waals surface area contributed by atoms with E-state index in [9.17, 15) is 4.39 Å². The van der Waals surface area contributed by atoms with Crippen LogP contribution < -0.4 is 0 Å². The first kappa shape index (κ1) is 10.2. The third-order valence-electron chi connectivity index (χ3n) is 2.38. The molecule has 0 bridgehead atoms. The Morgan fingerprint density at radius 1 is 1.12 bits per heavy atom. The summed E-state index contributed by atoms with van der Waals surface area (Å²) in [5.41, 5.74) is 0.740. The SMILES string of the molecule is Fc1cccc2cc(-c3ccc(Cl)nn3)oc12. The van der Waals surface area contributed by atoms with E-state index in [2.05, 4.69) is 10.2 Å². The molecule has 3 nitrogen and oxygen atoms in total. The first-order chi connectivity index (χ1) is 8.24. The molecular formula is C12H6ClFN2O. The van der Waals surface area contributed by atoms with Gasteiger partial charge in [0.25, 0.3) is 0 Å². The quantitative estimate of drug-likeness (QED) is 0.659. The molecule has 0 fully saturated rings. The van der Waals surface area contributed by atoms with Crippen LogP contribution in [0, 0.1) is 5.82 Å². The van der Waals surface area contributed by atoms with Crippen molar-refractivity contribution in [3.05, 3.63) is 47.4 Å². The molecule has 17 heavy (non-hydrogen) atoms. The number of benzene rings is 1. The average Bonchev–Trinajstić information content (AvgIpc) is 2.75. The van der Waals surface area contributed by atoms with Gasteiger partial charge in [-0.25, -0.2) is 4.39 Å². The minimum atomic E-state index is -0.393. The van der Waals surface area contributed by atoms with Gasteiger partial charge >= 0.3 is 0 Å². The summed E-state index contributed by atoms with van der Waals surface area (Å²) < 4.78 is 18.8. The summed E-state index contributed by atoms with van der Waals surface area (Å²) >= 11 is 5.64. The Balaban J connectivity index is 2.18. The molecule has 84 valence electrons. The van der Waals surface area contributed by atoms with Crippen LogP contribution in [0.4, 0.5) is 4.39 Å².